The molecule has 3 heteroatoms. The average Bonchev–Trinajstić information content (AvgIpc) is 2.55. The Kier molecular flexibility index (Phi) is 9.04. The lowest BCUT2D eigenvalue weighted by atomic mass is 9.83. The van der Waals surface area contributed by atoms with Crippen LogP contribution in [0.1, 0.15) is 66.7 Å². The van der Waals surface area contributed by atoms with Crippen LogP contribution in [0.3, 0.4) is 0 Å². The van der Waals surface area contributed by atoms with E-state index in [0.29, 0.717) is 11.5 Å². The zero-order valence-electron chi connectivity index (χ0n) is 15.7. The van der Waals surface area contributed by atoms with Crippen molar-refractivity contribution in [1.82, 2.24) is 4.90 Å². The number of halogens is 2. The summed E-state index contributed by atoms with van der Waals surface area (Å²) in [5.74, 6) is 0.399. The van der Waals surface area contributed by atoms with Gasteiger partial charge in [0.15, 0.2) is 0 Å². The Hall–Kier alpha value is -0.700. The fourth-order valence-corrected chi connectivity index (χ4v) is 3.41. The molecule has 1 saturated heterocycles. The van der Waals surface area contributed by atoms with Gasteiger partial charge in [-0.25, -0.2) is 8.78 Å². The highest BCUT2D eigenvalue weighted by Crippen LogP contribution is 2.32. The van der Waals surface area contributed by atoms with Crippen molar-refractivity contribution in [2.45, 2.75) is 73.1 Å². The van der Waals surface area contributed by atoms with E-state index in [9.17, 15) is 8.78 Å². The first-order valence-electron chi connectivity index (χ1n) is 9.36. The van der Waals surface area contributed by atoms with Gasteiger partial charge in [-0.15, -0.1) is 0 Å². The standard InChI is InChI=1S/C20H35F2N/c1-6-11-23-12-9-17(10-13-23)18(15(4)7-2)14-19(20(21)22)16(5)8-3/h14,16-17,20H,6-13H2,1-5H3/b18-15?,19-14+. The predicted octanol–water partition coefficient (Wildman–Crippen LogP) is 6.07. The number of piperidine rings is 1. The fourth-order valence-electron chi connectivity index (χ4n) is 3.41. The Labute approximate surface area is 141 Å². The summed E-state index contributed by atoms with van der Waals surface area (Å²) < 4.78 is 27.0. The van der Waals surface area contributed by atoms with Crippen LogP contribution in [0.15, 0.2) is 22.8 Å². The van der Waals surface area contributed by atoms with E-state index in [0.717, 1.165) is 45.3 Å². The SMILES string of the molecule is CCCN1CCC(C(/C=C(/C(F)F)C(C)CC)=C(C)CC)CC1. The molecule has 0 saturated carbocycles. The molecule has 0 bridgehead atoms. The van der Waals surface area contributed by atoms with Crippen LogP contribution in [-0.2, 0) is 0 Å². The van der Waals surface area contributed by atoms with Crippen LogP contribution in [0.25, 0.3) is 0 Å². The zero-order chi connectivity index (χ0) is 17.4. The monoisotopic (exact) mass is 327 g/mol. The zero-order valence-corrected chi connectivity index (χ0v) is 15.7. The van der Waals surface area contributed by atoms with Crippen molar-refractivity contribution in [3.8, 4) is 0 Å². The van der Waals surface area contributed by atoms with Crippen LogP contribution in [0.4, 0.5) is 8.78 Å². The van der Waals surface area contributed by atoms with Gasteiger partial charge in [0, 0.05) is 0 Å². The molecule has 0 aliphatic carbocycles. The topological polar surface area (TPSA) is 3.24 Å². The summed E-state index contributed by atoms with van der Waals surface area (Å²) in [6.45, 7) is 13.7. The van der Waals surface area contributed by atoms with Gasteiger partial charge in [-0.1, -0.05) is 39.3 Å². The number of alkyl halides is 2. The molecule has 1 rings (SSSR count). The molecule has 0 N–H and O–H groups in total. The second-order valence-corrected chi connectivity index (χ2v) is 6.96. The van der Waals surface area contributed by atoms with Gasteiger partial charge in [-0.3, -0.25) is 0 Å². The molecule has 1 unspecified atom stereocenters. The lowest BCUT2D eigenvalue weighted by Gasteiger charge is -2.33. The third-order valence-corrected chi connectivity index (χ3v) is 5.35. The Balaban J connectivity index is 2.99. The molecule has 1 aliphatic rings. The number of nitrogens with zero attached hydrogens (tertiary/aromatic N) is 1. The van der Waals surface area contributed by atoms with Crippen molar-refractivity contribution in [1.29, 1.82) is 0 Å². The third-order valence-electron chi connectivity index (χ3n) is 5.35. The van der Waals surface area contributed by atoms with Crippen LogP contribution in [0.2, 0.25) is 0 Å². The van der Waals surface area contributed by atoms with E-state index < -0.39 is 6.43 Å². The number of likely N-dealkylation sites (tertiary alicyclic amines) is 1. The molecule has 0 radical (unpaired) electrons. The number of allylic oxidation sites excluding steroid dienone is 4. The summed E-state index contributed by atoms with van der Waals surface area (Å²) in [6, 6.07) is 0. The van der Waals surface area contributed by atoms with E-state index >= 15 is 0 Å². The predicted molar refractivity (Wildman–Crippen MR) is 96.0 cm³/mol. The van der Waals surface area contributed by atoms with E-state index in [4.69, 9.17) is 0 Å². The van der Waals surface area contributed by atoms with Crippen LogP contribution in [0.5, 0.6) is 0 Å². The van der Waals surface area contributed by atoms with E-state index in [1.807, 2.05) is 19.9 Å². The first-order chi connectivity index (χ1) is 10.9. The molecular formula is C20H35F2N. The second-order valence-electron chi connectivity index (χ2n) is 6.96. The van der Waals surface area contributed by atoms with E-state index in [1.54, 1.807) is 0 Å². The molecular weight excluding hydrogens is 292 g/mol. The highest BCUT2D eigenvalue weighted by Gasteiger charge is 2.24. The Morgan fingerprint density at radius 3 is 2.22 bits per heavy atom. The molecule has 1 fully saturated rings. The third kappa shape index (κ3) is 6.02. The summed E-state index contributed by atoms with van der Waals surface area (Å²) >= 11 is 0. The molecule has 0 aromatic carbocycles. The minimum Gasteiger partial charge on any atom is -0.303 e. The van der Waals surface area contributed by atoms with E-state index in [-0.39, 0.29) is 5.92 Å². The van der Waals surface area contributed by atoms with Crippen molar-refractivity contribution >= 4 is 0 Å². The van der Waals surface area contributed by atoms with Gasteiger partial charge in [-0.2, -0.15) is 0 Å². The van der Waals surface area contributed by atoms with Crippen LogP contribution in [0, 0.1) is 11.8 Å². The van der Waals surface area contributed by atoms with Crippen molar-refractivity contribution in [3.63, 3.8) is 0 Å². The van der Waals surface area contributed by atoms with Gasteiger partial charge in [0.1, 0.15) is 0 Å². The minimum absolute atomic E-state index is 0.0464. The van der Waals surface area contributed by atoms with Gasteiger partial charge in [-0.05, 0) is 81.6 Å². The summed E-state index contributed by atoms with van der Waals surface area (Å²) in [5.41, 5.74) is 2.80. The molecule has 0 aromatic rings. The molecule has 1 atom stereocenters. The molecule has 1 nitrogen and oxygen atoms in total. The lowest BCUT2D eigenvalue weighted by Crippen LogP contribution is -2.34. The first kappa shape index (κ1) is 20.3. The first-order valence-corrected chi connectivity index (χ1v) is 9.36. The summed E-state index contributed by atoms with van der Waals surface area (Å²) in [4.78, 5) is 2.50. The van der Waals surface area contributed by atoms with Crippen molar-refractivity contribution in [3.05, 3.63) is 22.8 Å². The van der Waals surface area contributed by atoms with Crippen LogP contribution in [-0.4, -0.2) is 31.0 Å². The fraction of sp³-hybridized carbons (Fsp3) is 0.800. The van der Waals surface area contributed by atoms with Crippen LogP contribution < -0.4 is 0 Å². The van der Waals surface area contributed by atoms with Gasteiger partial charge in [0.25, 0.3) is 6.43 Å². The Morgan fingerprint density at radius 1 is 1.17 bits per heavy atom. The summed E-state index contributed by atoms with van der Waals surface area (Å²) in [5, 5.41) is 0. The van der Waals surface area contributed by atoms with E-state index in [1.165, 1.54) is 17.6 Å². The highest BCUT2D eigenvalue weighted by atomic mass is 19.3. The van der Waals surface area contributed by atoms with Gasteiger partial charge >= 0.3 is 0 Å². The minimum atomic E-state index is -2.34. The maximum absolute atomic E-state index is 13.5. The second kappa shape index (κ2) is 10.2. The Bertz CT molecular complexity index is 404. The largest absolute Gasteiger partial charge is 0.303 e. The van der Waals surface area contributed by atoms with Crippen molar-refractivity contribution in [2.75, 3.05) is 19.6 Å². The van der Waals surface area contributed by atoms with Gasteiger partial charge in [0.2, 0.25) is 0 Å². The molecule has 23 heavy (non-hydrogen) atoms. The van der Waals surface area contributed by atoms with Crippen molar-refractivity contribution < 1.29 is 8.78 Å². The average molecular weight is 328 g/mol. The number of hydrogen-bond donors (Lipinski definition) is 0. The molecule has 0 amide bonds. The van der Waals surface area contributed by atoms with Gasteiger partial charge in [0.05, 0.1) is 0 Å². The molecule has 134 valence electrons. The highest BCUT2D eigenvalue weighted by molar-refractivity contribution is 5.32. The molecule has 0 aromatic heterocycles. The van der Waals surface area contributed by atoms with Crippen LogP contribution >= 0.6 is 0 Å². The maximum Gasteiger partial charge on any atom is 0.260 e. The molecule has 0 spiro atoms. The number of rotatable bonds is 8. The molecule has 1 aliphatic heterocycles. The smallest absolute Gasteiger partial charge is 0.260 e. The van der Waals surface area contributed by atoms with Gasteiger partial charge < -0.3 is 4.90 Å². The summed E-state index contributed by atoms with van der Waals surface area (Å²) in [6.07, 6.45) is 4.61. The maximum atomic E-state index is 13.5. The number of hydrogen-bond acceptors (Lipinski definition) is 1. The molecule has 1 heterocycles. The van der Waals surface area contributed by atoms with E-state index in [2.05, 4.69) is 25.7 Å². The lowest BCUT2D eigenvalue weighted by molar-refractivity contribution is 0.174. The van der Waals surface area contributed by atoms with Crippen molar-refractivity contribution in [2.24, 2.45) is 11.8 Å². The quantitative estimate of drug-likeness (QED) is 0.489. The Morgan fingerprint density at radius 2 is 1.78 bits per heavy atom. The summed E-state index contributed by atoms with van der Waals surface area (Å²) in [7, 11) is 0. The normalized spacial score (nSPS) is 20.8.